The Morgan fingerprint density at radius 1 is 1.13 bits per heavy atom. The minimum atomic E-state index is -0.193. The predicted molar refractivity (Wildman–Crippen MR) is 91.0 cm³/mol. The van der Waals surface area contributed by atoms with Gasteiger partial charge in [0.05, 0.1) is 6.10 Å². The van der Waals surface area contributed by atoms with Crippen LogP contribution in [0.15, 0.2) is 29.6 Å². The maximum absolute atomic E-state index is 10.4. The van der Waals surface area contributed by atoms with Crippen LogP contribution in [0, 0.1) is 5.92 Å². The molecule has 4 nitrogen and oxygen atoms in total. The lowest BCUT2D eigenvalue weighted by Gasteiger charge is -2.32. The third kappa shape index (κ3) is 3.53. The smallest absolute Gasteiger partial charge is 0.0696 e. The summed E-state index contributed by atoms with van der Waals surface area (Å²) in [5.41, 5.74) is 3.53. The van der Waals surface area contributed by atoms with Gasteiger partial charge in [-0.2, -0.15) is 5.10 Å². The molecule has 3 fully saturated rings. The van der Waals surface area contributed by atoms with Crippen LogP contribution >= 0.6 is 0 Å². The first-order valence-corrected chi connectivity index (χ1v) is 9.39. The third-order valence-electron chi connectivity index (χ3n) is 6.13. The molecule has 1 aromatic rings. The van der Waals surface area contributed by atoms with Gasteiger partial charge in [-0.25, -0.2) is 0 Å². The van der Waals surface area contributed by atoms with Gasteiger partial charge in [0.25, 0.3) is 0 Å². The first-order chi connectivity index (χ1) is 11.3. The molecule has 2 N–H and O–H groups in total. The summed E-state index contributed by atoms with van der Waals surface area (Å²) in [5, 5.41) is 18.5. The van der Waals surface area contributed by atoms with Gasteiger partial charge in [0.2, 0.25) is 0 Å². The fourth-order valence-corrected chi connectivity index (χ4v) is 4.62. The molecule has 3 aliphatic rings. The van der Waals surface area contributed by atoms with Crippen molar-refractivity contribution in [2.24, 2.45) is 5.92 Å². The minimum Gasteiger partial charge on any atom is -0.391 e. The van der Waals surface area contributed by atoms with Crippen molar-refractivity contribution in [2.45, 2.75) is 82.5 Å². The maximum atomic E-state index is 10.4. The second kappa shape index (κ2) is 6.78. The van der Waals surface area contributed by atoms with Crippen LogP contribution in [0.2, 0.25) is 0 Å². The van der Waals surface area contributed by atoms with Crippen molar-refractivity contribution < 1.29 is 5.11 Å². The van der Waals surface area contributed by atoms with Crippen LogP contribution in [0.5, 0.6) is 0 Å². The zero-order valence-electron chi connectivity index (χ0n) is 14.0. The zero-order valence-corrected chi connectivity index (χ0v) is 14.0. The van der Waals surface area contributed by atoms with E-state index in [2.05, 4.69) is 10.4 Å². The summed E-state index contributed by atoms with van der Waals surface area (Å²) in [6.45, 7) is 0.934. The lowest BCUT2D eigenvalue weighted by Crippen LogP contribution is -2.43. The van der Waals surface area contributed by atoms with E-state index in [1.165, 1.54) is 44.9 Å². The van der Waals surface area contributed by atoms with Crippen molar-refractivity contribution in [3.8, 4) is 0 Å². The largest absolute Gasteiger partial charge is 0.391 e. The predicted octanol–water partition coefficient (Wildman–Crippen LogP) is 3.04. The Labute approximate surface area is 139 Å². The van der Waals surface area contributed by atoms with E-state index < -0.39 is 0 Å². The minimum absolute atomic E-state index is 0.193. The number of nitrogens with zero attached hydrogens (tertiary/aromatic N) is 2. The number of aliphatic hydroxyl groups is 1. The number of allylic oxidation sites excluding steroid dienone is 2. The van der Waals surface area contributed by atoms with E-state index in [9.17, 15) is 5.11 Å². The van der Waals surface area contributed by atoms with Crippen LogP contribution in [0.1, 0.15) is 57.8 Å². The molecular formula is C19H29N3O. The van der Waals surface area contributed by atoms with Gasteiger partial charge >= 0.3 is 0 Å². The van der Waals surface area contributed by atoms with Gasteiger partial charge in [0.15, 0.2) is 0 Å². The quantitative estimate of drug-likeness (QED) is 0.840. The van der Waals surface area contributed by atoms with E-state index in [4.69, 9.17) is 0 Å². The highest BCUT2D eigenvalue weighted by Crippen LogP contribution is 2.36. The molecular weight excluding hydrogens is 286 g/mol. The molecule has 0 aliphatic heterocycles. The molecule has 126 valence electrons. The first kappa shape index (κ1) is 15.4. The Kier molecular flexibility index (Phi) is 4.54. The second-order valence-electron chi connectivity index (χ2n) is 7.74. The molecule has 4 heteroatoms. The van der Waals surface area contributed by atoms with Crippen molar-refractivity contribution in [3.63, 3.8) is 0 Å². The lowest BCUT2D eigenvalue weighted by atomic mass is 9.80. The number of rotatable bonds is 4. The molecule has 0 radical (unpaired) electrons. The summed E-state index contributed by atoms with van der Waals surface area (Å²) in [5.74, 6) is 0.540. The van der Waals surface area contributed by atoms with E-state index in [0.29, 0.717) is 12.0 Å². The van der Waals surface area contributed by atoms with Crippen LogP contribution in [0.25, 0.3) is 0 Å². The van der Waals surface area contributed by atoms with Crippen LogP contribution in [0.4, 0.5) is 0 Å². The number of nitrogens with one attached hydrogen (secondary N) is 1. The molecule has 3 atom stereocenters. The van der Waals surface area contributed by atoms with Crippen LogP contribution in [0.3, 0.4) is 0 Å². The molecule has 4 rings (SSSR count). The van der Waals surface area contributed by atoms with Gasteiger partial charge in [-0.05, 0) is 69.8 Å². The summed E-state index contributed by atoms with van der Waals surface area (Å²) in [4.78, 5) is 0. The first-order valence-electron chi connectivity index (χ1n) is 9.39. The van der Waals surface area contributed by atoms with Gasteiger partial charge in [-0.15, -0.1) is 0 Å². The van der Waals surface area contributed by atoms with E-state index in [1.54, 1.807) is 11.1 Å². The molecule has 0 spiro atoms. The topological polar surface area (TPSA) is 50.1 Å². The highest BCUT2D eigenvalue weighted by molar-refractivity contribution is 5.21. The van der Waals surface area contributed by atoms with Crippen LogP contribution in [-0.2, 0) is 6.54 Å². The Hall–Kier alpha value is -1.13. The SMILES string of the molecule is O[C@@H]1CC(Cn2cccn2)C[C@H]1NC1CCC(=C2CCC2)CC1. The van der Waals surface area contributed by atoms with Crippen molar-refractivity contribution in [1.82, 2.24) is 15.1 Å². The Balaban J connectivity index is 1.26. The Bertz CT molecular complexity index is 535. The number of aliphatic hydroxyl groups excluding tert-OH is 1. The molecule has 0 amide bonds. The summed E-state index contributed by atoms with van der Waals surface area (Å²) < 4.78 is 2.00. The van der Waals surface area contributed by atoms with Gasteiger partial charge < -0.3 is 10.4 Å². The summed E-state index contributed by atoms with van der Waals surface area (Å²) in [7, 11) is 0. The van der Waals surface area contributed by atoms with E-state index in [-0.39, 0.29) is 12.1 Å². The van der Waals surface area contributed by atoms with E-state index >= 15 is 0 Å². The Morgan fingerprint density at radius 2 is 1.91 bits per heavy atom. The lowest BCUT2D eigenvalue weighted by molar-refractivity contribution is 0.137. The number of hydrogen-bond donors (Lipinski definition) is 2. The number of hydrogen-bond acceptors (Lipinski definition) is 3. The summed E-state index contributed by atoms with van der Waals surface area (Å²) in [6, 6.07) is 2.85. The van der Waals surface area contributed by atoms with Gasteiger partial charge in [0.1, 0.15) is 0 Å². The highest BCUT2D eigenvalue weighted by Gasteiger charge is 2.35. The average molecular weight is 315 g/mol. The monoisotopic (exact) mass is 315 g/mol. The molecule has 23 heavy (non-hydrogen) atoms. The van der Waals surface area contributed by atoms with Crippen LogP contribution < -0.4 is 5.32 Å². The van der Waals surface area contributed by atoms with Gasteiger partial charge in [0, 0.05) is 31.0 Å². The third-order valence-corrected chi connectivity index (χ3v) is 6.13. The number of aromatic nitrogens is 2. The van der Waals surface area contributed by atoms with Crippen molar-refractivity contribution in [1.29, 1.82) is 0 Å². The van der Waals surface area contributed by atoms with Crippen LogP contribution in [-0.4, -0.2) is 33.1 Å². The fourth-order valence-electron chi connectivity index (χ4n) is 4.62. The molecule has 1 heterocycles. The average Bonchev–Trinajstić information content (AvgIpc) is 3.10. The molecule has 1 unspecified atom stereocenters. The standard InChI is InChI=1S/C19H29N3O/c23-19-12-14(13-22-10-2-9-20-22)11-18(19)21-17-7-5-16(6-8-17)15-3-1-4-15/h2,9-10,14,17-19,21,23H,1,3-8,11-13H2/t14?,18-,19-/m1/s1. The van der Waals surface area contributed by atoms with E-state index in [0.717, 1.165) is 19.4 Å². The summed E-state index contributed by atoms with van der Waals surface area (Å²) >= 11 is 0. The van der Waals surface area contributed by atoms with Crippen molar-refractivity contribution in [2.75, 3.05) is 0 Å². The molecule has 0 bridgehead atoms. The Morgan fingerprint density at radius 3 is 2.57 bits per heavy atom. The van der Waals surface area contributed by atoms with E-state index in [1.807, 2.05) is 23.1 Å². The molecule has 0 saturated heterocycles. The maximum Gasteiger partial charge on any atom is 0.0696 e. The van der Waals surface area contributed by atoms with Crippen molar-refractivity contribution >= 4 is 0 Å². The molecule has 3 saturated carbocycles. The molecule has 0 aromatic carbocycles. The normalized spacial score (nSPS) is 34.7. The van der Waals surface area contributed by atoms with Gasteiger partial charge in [-0.3, -0.25) is 4.68 Å². The second-order valence-corrected chi connectivity index (χ2v) is 7.74. The summed E-state index contributed by atoms with van der Waals surface area (Å²) in [6.07, 6.45) is 14.9. The molecule has 3 aliphatic carbocycles. The van der Waals surface area contributed by atoms with Gasteiger partial charge in [-0.1, -0.05) is 11.1 Å². The molecule has 1 aromatic heterocycles. The fraction of sp³-hybridized carbons (Fsp3) is 0.737. The van der Waals surface area contributed by atoms with Crippen molar-refractivity contribution in [3.05, 3.63) is 29.6 Å². The zero-order chi connectivity index (χ0) is 15.6. The highest BCUT2D eigenvalue weighted by atomic mass is 16.3.